The van der Waals surface area contributed by atoms with Crippen LogP contribution in [0.25, 0.3) is 0 Å². The lowest BCUT2D eigenvalue weighted by Crippen LogP contribution is -2.11. The van der Waals surface area contributed by atoms with Crippen LogP contribution in [0.2, 0.25) is 0 Å². The van der Waals surface area contributed by atoms with Gasteiger partial charge in [-0.3, -0.25) is 0 Å². The standard InChI is InChI=1S/C10H11FOS/c11-13-7-9-3-1-2-8-6-12-5-4-10(8)9/h1-3H,4-7H2. The van der Waals surface area contributed by atoms with Gasteiger partial charge in [0.1, 0.15) is 0 Å². The van der Waals surface area contributed by atoms with E-state index in [1.165, 1.54) is 11.1 Å². The van der Waals surface area contributed by atoms with Crippen molar-refractivity contribution in [2.75, 3.05) is 6.61 Å². The molecule has 0 atom stereocenters. The van der Waals surface area contributed by atoms with Crippen LogP contribution in [0.1, 0.15) is 16.7 Å². The number of rotatable bonds is 2. The molecule has 1 aromatic rings. The van der Waals surface area contributed by atoms with Crippen LogP contribution in [0.4, 0.5) is 3.89 Å². The Morgan fingerprint density at radius 2 is 2.38 bits per heavy atom. The summed E-state index contributed by atoms with van der Waals surface area (Å²) in [6.07, 6.45) is 0.923. The summed E-state index contributed by atoms with van der Waals surface area (Å²) in [7, 11) is 0. The maximum Gasteiger partial charge on any atom is 0.0719 e. The lowest BCUT2D eigenvalue weighted by Gasteiger charge is -2.18. The highest BCUT2D eigenvalue weighted by Gasteiger charge is 2.12. The van der Waals surface area contributed by atoms with Gasteiger partial charge in [-0.1, -0.05) is 18.2 Å². The average Bonchev–Trinajstić information content (AvgIpc) is 2.19. The summed E-state index contributed by atoms with van der Waals surface area (Å²) in [6.45, 7) is 1.45. The van der Waals surface area contributed by atoms with Crippen molar-refractivity contribution < 1.29 is 8.62 Å². The minimum Gasteiger partial charge on any atom is -0.376 e. The van der Waals surface area contributed by atoms with Crippen molar-refractivity contribution in [2.24, 2.45) is 0 Å². The highest BCUT2D eigenvalue weighted by molar-refractivity contribution is 7.93. The van der Waals surface area contributed by atoms with Crippen molar-refractivity contribution in [3.8, 4) is 0 Å². The molecule has 0 saturated heterocycles. The monoisotopic (exact) mass is 198 g/mol. The Hall–Kier alpha value is -0.540. The third-order valence-corrected chi connectivity index (χ3v) is 2.75. The minimum atomic E-state index is 0.387. The van der Waals surface area contributed by atoms with E-state index in [2.05, 4.69) is 6.07 Å². The number of fused-ring (bicyclic) bond motifs is 1. The zero-order chi connectivity index (χ0) is 9.10. The zero-order valence-corrected chi connectivity index (χ0v) is 8.07. The summed E-state index contributed by atoms with van der Waals surface area (Å²) < 4.78 is 17.5. The second-order valence-corrected chi connectivity index (χ2v) is 3.62. The van der Waals surface area contributed by atoms with Crippen molar-refractivity contribution in [1.29, 1.82) is 0 Å². The van der Waals surface area contributed by atoms with Gasteiger partial charge in [-0.15, -0.1) is 0 Å². The molecule has 0 fully saturated rings. The first-order valence-corrected chi connectivity index (χ1v) is 5.21. The van der Waals surface area contributed by atoms with Crippen molar-refractivity contribution in [2.45, 2.75) is 18.8 Å². The van der Waals surface area contributed by atoms with Gasteiger partial charge in [-0.05, 0) is 23.1 Å². The van der Waals surface area contributed by atoms with E-state index < -0.39 is 0 Å². The highest BCUT2D eigenvalue weighted by Crippen LogP contribution is 2.24. The molecule has 1 heterocycles. The summed E-state index contributed by atoms with van der Waals surface area (Å²) in [5.74, 6) is 0.461. The molecule has 1 aliphatic rings. The van der Waals surface area contributed by atoms with Crippen molar-refractivity contribution >= 4 is 12.1 Å². The minimum absolute atomic E-state index is 0.387. The maximum absolute atomic E-state index is 12.1. The number of hydrogen-bond acceptors (Lipinski definition) is 2. The smallest absolute Gasteiger partial charge is 0.0719 e. The molecule has 0 bridgehead atoms. The van der Waals surface area contributed by atoms with E-state index in [9.17, 15) is 3.89 Å². The number of halogens is 1. The summed E-state index contributed by atoms with van der Waals surface area (Å²) in [5, 5.41) is 0. The Bertz CT molecular complexity index is 301. The predicted octanol–water partition coefficient (Wildman–Crippen LogP) is 2.88. The number of benzene rings is 1. The van der Waals surface area contributed by atoms with Crippen LogP contribution in [-0.2, 0) is 23.5 Å². The number of hydrogen-bond donors (Lipinski definition) is 0. The molecule has 1 aromatic carbocycles. The molecule has 0 amide bonds. The lowest BCUT2D eigenvalue weighted by molar-refractivity contribution is 0.110. The van der Waals surface area contributed by atoms with E-state index in [-0.39, 0.29) is 0 Å². The average molecular weight is 198 g/mol. The Kier molecular flexibility index (Phi) is 2.86. The quantitative estimate of drug-likeness (QED) is 0.722. The molecule has 0 aliphatic carbocycles. The van der Waals surface area contributed by atoms with Crippen molar-refractivity contribution in [1.82, 2.24) is 0 Å². The third kappa shape index (κ3) is 1.86. The molecule has 0 aromatic heterocycles. The van der Waals surface area contributed by atoms with Crippen molar-refractivity contribution in [3.63, 3.8) is 0 Å². The number of ether oxygens (including phenoxy) is 1. The largest absolute Gasteiger partial charge is 0.376 e. The van der Waals surface area contributed by atoms with Crippen molar-refractivity contribution in [3.05, 3.63) is 34.9 Å². The van der Waals surface area contributed by atoms with Gasteiger partial charge in [0.05, 0.1) is 19.0 Å². The highest BCUT2D eigenvalue weighted by atomic mass is 32.2. The molecule has 13 heavy (non-hydrogen) atoms. The van der Waals surface area contributed by atoms with Crippen LogP contribution >= 0.6 is 12.1 Å². The maximum atomic E-state index is 12.1. The third-order valence-electron chi connectivity index (χ3n) is 2.33. The molecule has 0 N–H and O–H groups in total. The first kappa shape index (κ1) is 9.03. The van der Waals surface area contributed by atoms with Gasteiger partial charge in [0.15, 0.2) is 0 Å². The van der Waals surface area contributed by atoms with Crippen LogP contribution in [0.5, 0.6) is 0 Å². The van der Waals surface area contributed by atoms with Crippen LogP contribution in [0.15, 0.2) is 18.2 Å². The van der Waals surface area contributed by atoms with Gasteiger partial charge in [-0.25, -0.2) is 0 Å². The molecule has 0 unspecified atom stereocenters. The first-order valence-electron chi connectivity index (χ1n) is 4.33. The SMILES string of the molecule is FSCc1cccc2c1CCOC2. The topological polar surface area (TPSA) is 9.23 Å². The van der Waals surface area contributed by atoms with Gasteiger partial charge in [-0.2, -0.15) is 3.89 Å². The summed E-state index contributed by atoms with van der Waals surface area (Å²) >= 11 is 0.387. The van der Waals surface area contributed by atoms with E-state index in [4.69, 9.17) is 4.74 Å². The Morgan fingerprint density at radius 3 is 3.23 bits per heavy atom. The molecule has 70 valence electrons. The summed E-state index contributed by atoms with van der Waals surface area (Å²) in [6, 6.07) is 6.02. The second-order valence-electron chi connectivity index (χ2n) is 3.11. The van der Waals surface area contributed by atoms with Gasteiger partial charge >= 0.3 is 0 Å². The van der Waals surface area contributed by atoms with Crippen LogP contribution in [0, 0.1) is 0 Å². The van der Waals surface area contributed by atoms with E-state index in [1.54, 1.807) is 0 Å². The van der Waals surface area contributed by atoms with Gasteiger partial charge < -0.3 is 4.74 Å². The van der Waals surface area contributed by atoms with Gasteiger partial charge in [0.2, 0.25) is 0 Å². The second kappa shape index (κ2) is 4.11. The molecule has 0 spiro atoms. The van der Waals surface area contributed by atoms with E-state index in [0.29, 0.717) is 24.5 Å². The van der Waals surface area contributed by atoms with Crippen LogP contribution in [-0.4, -0.2) is 6.61 Å². The molecular formula is C10H11FOS. The summed E-state index contributed by atoms with van der Waals surface area (Å²) in [4.78, 5) is 0. The van der Waals surface area contributed by atoms with Gasteiger partial charge in [0.25, 0.3) is 0 Å². The van der Waals surface area contributed by atoms with Crippen LogP contribution < -0.4 is 0 Å². The fourth-order valence-corrected chi connectivity index (χ4v) is 2.08. The molecule has 0 radical (unpaired) electrons. The Morgan fingerprint density at radius 1 is 1.46 bits per heavy atom. The fraction of sp³-hybridized carbons (Fsp3) is 0.400. The zero-order valence-electron chi connectivity index (χ0n) is 7.25. The molecule has 1 aliphatic heterocycles. The lowest BCUT2D eigenvalue weighted by atomic mass is 9.98. The molecule has 3 heteroatoms. The Balaban J connectivity index is 2.34. The fourth-order valence-electron chi connectivity index (χ4n) is 1.69. The van der Waals surface area contributed by atoms with E-state index in [0.717, 1.165) is 18.6 Å². The first-order chi connectivity index (χ1) is 6.42. The molecule has 1 nitrogen and oxygen atoms in total. The van der Waals surface area contributed by atoms with Gasteiger partial charge in [0, 0.05) is 12.1 Å². The Labute approximate surface area is 81.6 Å². The van der Waals surface area contributed by atoms with E-state index >= 15 is 0 Å². The predicted molar refractivity (Wildman–Crippen MR) is 52.2 cm³/mol. The molecular weight excluding hydrogens is 187 g/mol. The molecule has 2 rings (SSSR count). The van der Waals surface area contributed by atoms with Crippen LogP contribution in [0.3, 0.4) is 0 Å². The normalized spacial score (nSPS) is 15.5. The molecule has 0 saturated carbocycles. The van der Waals surface area contributed by atoms with E-state index in [1.807, 2.05) is 12.1 Å². The summed E-state index contributed by atoms with van der Waals surface area (Å²) in [5.41, 5.74) is 3.63.